The molecule has 2 aromatic rings. The van der Waals surface area contributed by atoms with E-state index >= 15 is 0 Å². The van der Waals surface area contributed by atoms with E-state index in [1.54, 1.807) is 6.26 Å². The van der Waals surface area contributed by atoms with Gasteiger partial charge >= 0.3 is 0 Å². The van der Waals surface area contributed by atoms with Crippen molar-refractivity contribution in [3.05, 3.63) is 58.5 Å². The van der Waals surface area contributed by atoms with E-state index in [1.165, 1.54) is 11.1 Å². The molecule has 1 atom stereocenters. The Hall–Kier alpha value is -1.06. The van der Waals surface area contributed by atoms with E-state index in [-0.39, 0.29) is 0 Å². The molecule has 0 amide bonds. The molecule has 0 aliphatic carbocycles. The predicted octanol–water partition coefficient (Wildman–Crippen LogP) is 3.66. The fraction of sp³-hybridized carbons (Fsp3) is 0.333. The van der Waals surface area contributed by atoms with Crippen LogP contribution in [0.5, 0.6) is 0 Å². The Morgan fingerprint density at radius 1 is 1.22 bits per heavy atom. The molecule has 0 radical (unpaired) electrons. The SMILES string of the molecule is CNCC(Cc1ccoc1)Cc1cccc(Br)c1. The molecule has 0 bridgehead atoms. The van der Waals surface area contributed by atoms with E-state index < -0.39 is 0 Å². The van der Waals surface area contributed by atoms with Gasteiger partial charge in [0.05, 0.1) is 12.5 Å². The van der Waals surface area contributed by atoms with Crippen molar-refractivity contribution in [1.82, 2.24) is 5.32 Å². The lowest BCUT2D eigenvalue weighted by Gasteiger charge is -2.16. The lowest BCUT2D eigenvalue weighted by molar-refractivity contribution is 0.488. The second kappa shape index (κ2) is 6.76. The van der Waals surface area contributed by atoms with Crippen LogP contribution in [0.4, 0.5) is 0 Å². The molecule has 0 spiro atoms. The van der Waals surface area contributed by atoms with Gasteiger partial charge in [-0.2, -0.15) is 0 Å². The van der Waals surface area contributed by atoms with Gasteiger partial charge in [-0.3, -0.25) is 0 Å². The molecule has 2 rings (SSSR count). The summed E-state index contributed by atoms with van der Waals surface area (Å²) in [4.78, 5) is 0. The predicted molar refractivity (Wildman–Crippen MR) is 77.7 cm³/mol. The van der Waals surface area contributed by atoms with Crippen molar-refractivity contribution in [3.63, 3.8) is 0 Å². The maximum absolute atomic E-state index is 5.13. The third-order valence-electron chi connectivity index (χ3n) is 3.01. The highest BCUT2D eigenvalue weighted by atomic mass is 79.9. The molecular formula is C15H18BrNO. The topological polar surface area (TPSA) is 25.2 Å². The minimum absolute atomic E-state index is 0.585. The van der Waals surface area contributed by atoms with Crippen LogP contribution in [-0.4, -0.2) is 13.6 Å². The van der Waals surface area contributed by atoms with Gasteiger partial charge in [-0.15, -0.1) is 0 Å². The van der Waals surface area contributed by atoms with Gasteiger partial charge in [-0.25, -0.2) is 0 Å². The number of furan rings is 1. The second-order valence-corrected chi connectivity index (χ2v) is 5.51. The molecular weight excluding hydrogens is 290 g/mol. The van der Waals surface area contributed by atoms with Crippen LogP contribution in [0, 0.1) is 5.92 Å². The van der Waals surface area contributed by atoms with E-state index in [9.17, 15) is 0 Å². The molecule has 0 fully saturated rings. The molecule has 0 saturated carbocycles. The summed E-state index contributed by atoms with van der Waals surface area (Å²) in [5.41, 5.74) is 2.64. The minimum Gasteiger partial charge on any atom is -0.472 e. The average Bonchev–Trinajstić information content (AvgIpc) is 2.82. The standard InChI is InChI=1S/C15H18BrNO/c1-17-10-14(8-13-5-6-18-11-13)7-12-3-2-4-15(16)9-12/h2-6,9,11,14,17H,7-8,10H2,1H3. The average molecular weight is 308 g/mol. The number of hydrogen-bond donors (Lipinski definition) is 1. The van der Waals surface area contributed by atoms with Crippen molar-refractivity contribution >= 4 is 15.9 Å². The smallest absolute Gasteiger partial charge is 0.0934 e. The lowest BCUT2D eigenvalue weighted by Crippen LogP contribution is -2.22. The Bertz CT molecular complexity index is 467. The Kier molecular flexibility index (Phi) is 5.02. The molecule has 18 heavy (non-hydrogen) atoms. The maximum Gasteiger partial charge on any atom is 0.0934 e. The number of benzene rings is 1. The summed E-state index contributed by atoms with van der Waals surface area (Å²) < 4.78 is 6.28. The first-order chi connectivity index (χ1) is 8.78. The normalized spacial score (nSPS) is 12.6. The van der Waals surface area contributed by atoms with Crippen molar-refractivity contribution in [2.24, 2.45) is 5.92 Å². The molecule has 0 saturated heterocycles. The van der Waals surface area contributed by atoms with E-state index in [0.717, 1.165) is 23.9 Å². The number of nitrogens with one attached hydrogen (secondary N) is 1. The highest BCUT2D eigenvalue weighted by Crippen LogP contribution is 2.18. The Labute approximate surface area is 117 Å². The van der Waals surface area contributed by atoms with Gasteiger partial charge < -0.3 is 9.73 Å². The summed E-state index contributed by atoms with van der Waals surface area (Å²) in [6, 6.07) is 10.6. The summed E-state index contributed by atoms with van der Waals surface area (Å²) in [7, 11) is 2.00. The van der Waals surface area contributed by atoms with Crippen molar-refractivity contribution in [2.45, 2.75) is 12.8 Å². The van der Waals surface area contributed by atoms with Gasteiger partial charge in [0, 0.05) is 4.47 Å². The summed E-state index contributed by atoms with van der Waals surface area (Å²) in [5.74, 6) is 0.585. The largest absolute Gasteiger partial charge is 0.472 e. The van der Waals surface area contributed by atoms with Crippen LogP contribution >= 0.6 is 15.9 Å². The van der Waals surface area contributed by atoms with Crippen LogP contribution in [0.3, 0.4) is 0 Å². The Balaban J connectivity index is 2.01. The molecule has 1 aromatic heterocycles. The summed E-state index contributed by atoms with van der Waals surface area (Å²) in [6.07, 6.45) is 5.70. The maximum atomic E-state index is 5.13. The molecule has 1 N–H and O–H groups in total. The zero-order valence-corrected chi connectivity index (χ0v) is 12.1. The molecule has 0 aliphatic rings. The first kappa shape index (κ1) is 13.4. The van der Waals surface area contributed by atoms with E-state index in [4.69, 9.17) is 4.42 Å². The van der Waals surface area contributed by atoms with Gasteiger partial charge in [-0.05, 0) is 61.7 Å². The summed E-state index contributed by atoms with van der Waals surface area (Å²) in [6.45, 7) is 1.01. The van der Waals surface area contributed by atoms with E-state index in [0.29, 0.717) is 5.92 Å². The quantitative estimate of drug-likeness (QED) is 0.881. The number of rotatable bonds is 6. The molecule has 1 aromatic carbocycles. The van der Waals surface area contributed by atoms with Crippen molar-refractivity contribution in [3.8, 4) is 0 Å². The van der Waals surface area contributed by atoms with Gasteiger partial charge in [0.15, 0.2) is 0 Å². The zero-order chi connectivity index (χ0) is 12.8. The zero-order valence-electron chi connectivity index (χ0n) is 10.5. The van der Waals surface area contributed by atoms with Crippen molar-refractivity contribution in [1.29, 1.82) is 0 Å². The third-order valence-corrected chi connectivity index (χ3v) is 3.50. The van der Waals surface area contributed by atoms with Crippen molar-refractivity contribution in [2.75, 3.05) is 13.6 Å². The minimum atomic E-state index is 0.585. The van der Waals surface area contributed by atoms with Crippen LogP contribution in [0.2, 0.25) is 0 Å². The van der Waals surface area contributed by atoms with Crippen LogP contribution in [0.25, 0.3) is 0 Å². The molecule has 96 valence electrons. The van der Waals surface area contributed by atoms with Gasteiger partial charge in [0.1, 0.15) is 0 Å². The second-order valence-electron chi connectivity index (χ2n) is 4.59. The highest BCUT2D eigenvalue weighted by molar-refractivity contribution is 9.10. The van der Waals surface area contributed by atoms with Crippen LogP contribution < -0.4 is 5.32 Å². The number of halogens is 1. The fourth-order valence-corrected chi connectivity index (χ4v) is 2.69. The molecule has 0 aliphatic heterocycles. The number of hydrogen-bond acceptors (Lipinski definition) is 2. The first-order valence-electron chi connectivity index (χ1n) is 6.18. The fourth-order valence-electron chi connectivity index (χ4n) is 2.24. The van der Waals surface area contributed by atoms with Crippen molar-refractivity contribution < 1.29 is 4.42 Å². The van der Waals surface area contributed by atoms with Gasteiger partial charge in [0.2, 0.25) is 0 Å². The summed E-state index contributed by atoms with van der Waals surface area (Å²) >= 11 is 3.52. The summed E-state index contributed by atoms with van der Waals surface area (Å²) in [5, 5.41) is 3.27. The Morgan fingerprint density at radius 2 is 2.06 bits per heavy atom. The molecule has 3 heteroatoms. The Morgan fingerprint density at radius 3 is 2.72 bits per heavy atom. The molecule has 1 heterocycles. The highest BCUT2D eigenvalue weighted by Gasteiger charge is 2.11. The first-order valence-corrected chi connectivity index (χ1v) is 6.97. The van der Waals surface area contributed by atoms with Gasteiger partial charge in [0.25, 0.3) is 0 Å². The lowest BCUT2D eigenvalue weighted by atomic mass is 9.93. The molecule has 2 nitrogen and oxygen atoms in total. The third kappa shape index (κ3) is 4.00. The monoisotopic (exact) mass is 307 g/mol. The van der Waals surface area contributed by atoms with Crippen LogP contribution in [0.15, 0.2) is 51.7 Å². The van der Waals surface area contributed by atoms with E-state index in [1.807, 2.05) is 19.4 Å². The van der Waals surface area contributed by atoms with E-state index in [2.05, 4.69) is 45.5 Å². The van der Waals surface area contributed by atoms with Crippen LogP contribution in [0.1, 0.15) is 11.1 Å². The van der Waals surface area contributed by atoms with Crippen LogP contribution in [-0.2, 0) is 12.8 Å². The van der Waals surface area contributed by atoms with Gasteiger partial charge in [-0.1, -0.05) is 28.1 Å². The molecule has 1 unspecified atom stereocenters.